The minimum absolute atomic E-state index is 0.0128. The van der Waals surface area contributed by atoms with Gasteiger partial charge in [-0.25, -0.2) is 4.79 Å². The van der Waals surface area contributed by atoms with Crippen molar-refractivity contribution in [2.75, 3.05) is 48.1 Å². The van der Waals surface area contributed by atoms with Crippen molar-refractivity contribution in [1.29, 1.82) is 0 Å². The average Bonchev–Trinajstić information content (AvgIpc) is 3.47. The van der Waals surface area contributed by atoms with Crippen LogP contribution in [-0.2, 0) is 38.0 Å². The van der Waals surface area contributed by atoms with E-state index >= 15 is 0 Å². The number of nitrogens with zero attached hydrogens (tertiary/aromatic N) is 1. The van der Waals surface area contributed by atoms with Crippen molar-refractivity contribution in [3.63, 3.8) is 0 Å². The number of ether oxygens (including phenoxy) is 6. The van der Waals surface area contributed by atoms with Crippen LogP contribution in [0.5, 0.6) is 0 Å². The summed E-state index contributed by atoms with van der Waals surface area (Å²) >= 11 is 0. The van der Waals surface area contributed by atoms with Gasteiger partial charge in [0.25, 0.3) is 0 Å². The first-order chi connectivity index (χ1) is 23.9. The molecule has 50 heavy (non-hydrogen) atoms. The average molecular weight is 704 g/mol. The summed E-state index contributed by atoms with van der Waals surface area (Å²) in [4.78, 5) is 41.6. The summed E-state index contributed by atoms with van der Waals surface area (Å²) in [7, 11) is 6.08. The van der Waals surface area contributed by atoms with Gasteiger partial charge in [-0.1, -0.05) is 25.1 Å². The molecule has 1 aliphatic heterocycles. The number of carboxylic acids is 1. The van der Waals surface area contributed by atoms with E-state index in [9.17, 15) is 34.8 Å². The lowest BCUT2D eigenvalue weighted by Crippen LogP contribution is -2.81. The Morgan fingerprint density at radius 3 is 2.28 bits per heavy atom. The molecule has 7 rings (SSSR count). The van der Waals surface area contributed by atoms with Crippen LogP contribution in [0.15, 0.2) is 30.3 Å². The Morgan fingerprint density at radius 2 is 1.68 bits per heavy atom. The van der Waals surface area contributed by atoms with Crippen molar-refractivity contribution >= 4 is 17.9 Å². The highest BCUT2D eigenvalue weighted by Crippen LogP contribution is 2.80. The fourth-order valence-electron chi connectivity index (χ4n) is 12.5. The normalized spacial score (nSPS) is 46.8. The smallest absolute Gasteiger partial charge is 0.338 e. The molecule has 1 saturated heterocycles. The maximum Gasteiger partial charge on any atom is 0.338 e. The van der Waals surface area contributed by atoms with Crippen molar-refractivity contribution < 1.29 is 63.2 Å². The lowest BCUT2D eigenvalue weighted by Gasteiger charge is -2.70. The second kappa shape index (κ2) is 12.5. The molecule has 6 aliphatic rings. The number of likely N-dealkylation sites (tertiary alicyclic amines) is 1. The number of carboxylic acid groups (broad SMARTS) is 1. The van der Waals surface area contributed by atoms with E-state index in [0.29, 0.717) is 13.1 Å². The number of piperidine rings is 1. The van der Waals surface area contributed by atoms with E-state index in [1.54, 1.807) is 51.7 Å². The number of hydrogen-bond donors (Lipinski definition) is 4. The van der Waals surface area contributed by atoms with Gasteiger partial charge in [0.1, 0.15) is 23.9 Å². The van der Waals surface area contributed by atoms with Gasteiger partial charge in [0.05, 0.1) is 43.3 Å². The Morgan fingerprint density at radius 1 is 0.960 bits per heavy atom. The van der Waals surface area contributed by atoms with Gasteiger partial charge in [-0.3, -0.25) is 14.5 Å². The SMILES string of the molecule is CCN1C[C@]2(COC)[C@H](O)C[C@H](OC)[C@@]34[C@@H]5C[C@@]6(O)[C@H](OC(=O)c7ccccc7)[C@@H]5[C@@](OC(=O)CCC(=O)O)([C@H]([C@H](OC)[C@H]23)[C@@H]14)[C@@H](O)[C@@H]6OC. The van der Waals surface area contributed by atoms with Crippen molar-refractivity contribution in [3.8, 4) is 0 Å². The zero-order chi connectivity index (χ0) is 36.0. The molecule has 15 atom stereocenters. The molecule has 5 saturated carbocycles. The van der Waals surface area contributed by atoms with Crippen LogP contribution in [0, 0.1) is 34.5 Å². The highest BCUT2D eigenvalue weighted by atomic mass is 16.6. The van der Waals surface area contributed by atoms with E-state index in [0.717, 1.165) is 0 Å². The molecule has 0 radical (unpaired) electrons. The van der Waals surface area contributed by atoms with Crippen molar-refractivity contribution in [3.05, 3.63) is 35.9 Å². The Labute approximate surface area is 290 Å². The summed E-state index contributed by atoms with van der Waals surface area (Å²) in [5.74, 6) is -5.68. The lowest BCUT2D eigenvalue weighted by atomic mass is 9.42. The number of aliphatic hydroxyl groups is 3. The third-order valence-electron chi connectivity index (χ3n) is 13.7. The van der Waals surface area contributed by atoms with Gasteiger partial charge in [0.2, 0.25) is 0 Å². The highest BCUT2D eigenvalue weighted by Gasteiger charge is 2.92. The van der Waals surface area contributed by atoms with E-state index in [4.69, 9.17) is 28.4 Å². The molecule has 5 aliphatic carbocycles. The largest absolute Gasteiger partial charge is 0.481 e. The summed E-state index contributed by atoms with van der Waals surface area (Å²) in [6.07, 6.45) is -7.30. The number of carbonyl (C=O) groups is 3. The standard InChI is InChI=1S/C36H49NO13/c1-6-37-16-33(17-45-2)20(38)14-21(46-3)35-19-15-34(44)30(49-32(43)18-10-8-7-9-11-18)24(19)36(29(42)31(34)48-5,50-23(41)13-12-22(39)40)25(28(35)37)26(47-4)27(33)35/h7-11,19-21,24-31,38,42,44H,6,12-17H2,1-5H3,(H,39,40)/t19-,20-,21+,24-,25-,26+,27-,28-,29+,30-,31+,33+,34-,35+,36-/m1/s1. The number of hydrogen-bond acceptors (Lipinski definition) is 13. The first kappa shape index (κ1) is 35.7. The van der Waals surface area contributed by atoms with E-state index in [2.05, 4.69) is 4.90 Å². The van der Waals surface area contributed by atoms with Crippen LogP contribution in [0.2, 0.25) is 0 Å². The number of methoxy groups -OCH3 is 4. The number of esters is 2. The molecule has 276 valence electrons. The summed E-state index contributed by atoms with van der Waals surface area (Å²) in [6, 6.07) is 7.87. The first-order valence-electron chi connectivity index (χ1n) is 17.5. The van der Waals surface area contributed by atoms with Gasteiger partial charge in [0.15, 0.2) is 5.60 Å². The fraction of sp³-hybridized carbons (Fsp3) is 0.750. The van der Waals surface area contributed by atoms with Crippen LogP contribution in [0.25, 0.3) is 0 Å². The number of aliphatic carboxylic acids is 1. The van der Waals surface area contributed by atoms with Crippen molar-refractivity contribution in [2.45, 2.75) is 86.5 Å². The summed E-state index contributed by atoms with van der Waals surface area (Å²) in [6.45, 7) is 3.11. The number of benzene rings is 1. The topological polar surface area (TPSA) is 191 Å². The molecule has 1 aromatic carbocycles. The Kier molecular flexibility index (Phi) is 8.91. The Bertz CT molecular complexity index is 1500. The van der Waals surface area contributed by atoms with Crippen LogP contribution in [0.1, 0.15) is 43.0 Å². The molecular weight excluding hydrogens is 654 g/mol. The second-order valence-corrected chi connectivity index (χ2v) is 15.2. The number of fused-ring (bicyclic) bond motifs is 2. The quantitative estimate of drug-likeness (QED) is 0.220. The number of rotatable bonds is 12. The zero-order valence-electron chi connectivity index (χ0n) is 29.1. The zero-order valence-corrected chi connectivity index (χ0v) is 29.1. The lowest BCUT2D eigenvalue weighted by molar-refractivity contribution is -0.323. The van der Waals surface area contributed by atoms with E-state index in [1.165, 1.54) is 7.11 Å². The molecular formula is C36H49NO13. The van der Waals surface area contributed by atoms with Gasteiger partial charge in [-0.05, 0) is 31.0 Å². The van der Waals surface area contributed by atoms with Crippen LogP contribution in [-0.4, -0.2) is 145 Å². The summed E-state index contributed by atoms with van der Waals surface area (Å²) in [5.41, 5.74) is -5.35. The predicted molar refractivity (Wildman–Crippen MR) is 172 cm³/mol. The second-order valence-electron chi connectivity index (χ2n) is 15.2. The first-order valence-corrected chi connectivity index (χ1v) is 17.5. The molecule has 0 aromatic heterocycles. The van der Waals surface area contributed by atoms with Crippen LogP contribution < -0.4 is 0 Å². The van der Waals surface area contributed by atoms with Crippen LogP contribution in [0.4, 0.5) is 0 Å². The maximum absolute atomic E-state index is 13.9. The van der Waals surface area contributed by atoms with E-state index < -0.39 is 119 Å². The summed E-state index contributed by atoms with van der Waals surface area (Å²) < 4.78 is 37.5. The molecule has 1 aromatic rings. The third kappa shape index (κ3) is 4.33. The number of aliphatic hydroxyl groups excluding tert-OH is 2. The monoisotopic (exact) mass is 703 g/mol. The Hall–Kier alpha value is -2.69. The van der Waals surface area contributed by atoms with E-state index in [-0.39, 0.29) is 25.0 Å². The number of carbonyl (C=O) groups excluding carboxylic acids is 2. The third-order valence-corrected chi connectivity index (χ3v) is 13.7. The van der Waals surface area contributed by atoms with Gasteiger partial charge in [0, 0.05) is 76.0 Å². The van der Waals surface area contributed by atoms with Gasteiger partial charge in [-0.15, -0.1) is 0 Å². The molecule has 7 bridgehead atoms. The molecule has 14 heteroatoms. The van der Waals surface area contributed by atoms with Crippen molar-refractivity contribution in [2.24, 2.45) is 34.5 Å². The summed E-state index contributed by atoms with van der Waals surface area (Å²) in [5, 5.41) is 47.1. The van der Waals surface area contributed by atoms with Crippen molar-refractivity contribution in [1.82, 2.24) is 4.90 Å². The van der Waals surface area contributed by atoms with Crippen LogP contribution >= 0.6 is 0 Å². The molecule has 1 spiro atoms. The molecule has 4 N–H and O–H groups in total. The molecule has 0 amide bonds. The van der Waals surface area contributed by atoms with Gasteiger partial charge >= 0.3 is 17.9 Å². The molecule has 0 unspecified atom stereocenters. The van der Waals surface area contributed by atoms with E-state index in [1.807, 2.05) is 6.92 Å². The molecule has 1 heterocycles. The fourth-order valence-corrected chi connectivity index (χ4v) is 12.5. The van der Waals surface area contributed by atoms with Gasteiger partial charge < -0.3 is 48.8 Å². The minimum Gasteiger partial charge on any atom is -0.481 e. The maximum atomic E-state index is 13.9. The molecule has 14 nitrogen and oxygen atoms in total. The highest BCUT2D eigenvalue weighted by molar-refractivity contribution is 5.89. The van der Waals surface area contributed by atoms with Crippen LogP contribution in [0.3, 0.4) is 0 Å². The predicted octanol–water partition coefficient (Wildman–Crippen LogP) is 0.493. The van der Waals surface area contributed by atoms with Gasteiger partial charge in [-0.2, -0.15) is 0 Å². The Balaban J connectivity index is 1.51. The minimum atomic E-state index is -1.93. The molecule has 6 fully saturated rings.